The number of nitrogens with one attached hydrogen (secondary N) is 3. The first kappa shape index (κ1) is 8.86. The van der Waals surface area contributed by atoms with Crippen molar-refractivity contribution in [3.05, 3.63) is 12.7 Å². The molecule has 14 heavy (non-hydrogen) atoms. The molecular formula is C8H12N4O2. The second-order valence-corrected chi connectivity index (χ2v) is 3.57. The van der Waals surface area contributed by atoms with E-state index >= 15 is 0 Å². The van der Waals surface area contributed by atoms with E-state index in [-0.39, 0.29) is 18.2 Å². The van der Waals surface area contributed by atoms with Crippen LogP contribution in [-0.4, -0.2) is 35.3 Å². The zero-order chi connectivity index (χ0) is 10.3. The molecule has 3 N–H and O–H groups in total. The molecule has 0 aromatic heterocycles. The van der Waals surface area contributed by atoms with Gasteiger partial charge < -0.3 is 16.0 Å². The summed E-state index contributed by atoms with van der Waals surface area (Å²) >= 11 is 0. The van der Waals surface area contributed by atoms with E-state index in [0.717, 1.165) is 0 Å². The van der Waals surface area contributed by atoms with Crippen LogP contribution in [0.3, 0.4) is 0 Å². The van der Waals surface area contributed by atoms with Crippen molar-refractivity contribution < 1.29 is 9.59 Å². The van der Waals surface area contributed by atoms with E-state index in [1.165, 1.54) is 4.90 Å². The van der Waals surface area contributed by atoms with Crippen LogP contribution in [0.15, 0.2) is 12.7 Å². The minimum absolute atomic E-state index is 0.204. The first-order chi connectivity index (χ1) is 6.57. The number of rotatable bonds is 2. The fourth-order valence-electron chi connectivity index (χ4n) is 1.84. The monoisotopic (exact) mass is 196 g/mol. The highest BCUT2D eigenvalue weighted by molar-refractivity contribution is 5.86. The third-order valence-electron chi connectivity index (χ3n) is 2.45. The maximum Gasteiger partial charge on any atom is 0.321 e. The van der Waals surface area contributed by atoms with Gasteiger partial charge in [0.2, 0.25) is 0 Å². The van der Waals surface area contributed by atoms with Crippen molar-refractivity contribution in [1.82, 2.24) is 20.9 Å². The Morgan fingerprint density at radius 2 is 2.29 bits per heavy atom. The van der Waals surface area contributed by atoms with E-state index in [0.29, 0.717) is 6.54 Å². The molecule has 0 aromatic carbocycles. The molecular weight excluding hydrogens is 184 g/mol. The van der Waals surface area contributed by atoms with E-state index in [2.05, 4.69) is 22.5 Å². The van der Waals surface area contributed by atoms with Crippen LogP contribution in [-0.2, 0) is 0 Å². The van der Waals surface area contributed by atoms with E-state index in [1.54, 1.807) is 13.0 Å². The van der Waals surface area contributed by atoms with Crippen molar-refractivity contribution in [3.8, 4) is 0 Å². The lowest BCUT2D eigenvalue weighted by Gasteiger charge is -2.24. The van der Waals surface area contributed by atoms with Crippen LogP contribution in [0, 0.1) is 0 Å². The average Bonchev–Trinajstić information content (AvgIpc) is 2.45. The fourth-order valence-corrected chi connectivity index (χ4v) is 1.84. The summed E-state index contributed by atoms with van der Waals surface area (Å²) in [6.45, 7) is 5.73. The van der Waals surface area contributed by atoms with Crippen molar-refractivity contribution in [3.63, 3.8) is 0 Å². The Bertz CT molecular complexity index is 316. The molecule has 2 heterocycles. The smallest absolute Gasteiger partial charge is 0.314 e. The standard InChI is InChI=1S/C8H12N4O2/c1-3-4-12-5-8(2,11-7(12)14)10-6(13)9-5/h3,5H,1,4H2,2H3,(H,11,14)(H2,9,10,13). The van der Waals surface area contributed by atoms with Gasteiger partial charge in [0.25, 0.3) is 0 Å². The number of fused-ring (bicyclic) bond motifs is 1. The van der Waals surface area contributed by atoms with Crippen LogP contribution in [0.1, 0.15) is 6.92 Å². The molecule has 76 valence electrons. The minimum atomic E-state index is -0.711. The van der Waals surface area contributed by atoms with Gasteiger partial charge in [0.05, 0.1) is 0 Å². The van der Waals surface area contributed by atoms with Gasteiger partial charge in [-0.05, 0) is 6.92 Å². The summed E-state index contributed by atoms with van der Waals surface area (Å²) in [5, 5.41) is 8.02. The zero-order valence-corrected chi connectivity index (χ0v) is 7.83. The Morgan fingerprint density at radius 1 is 1.57 bits per heavy atom. The van der Waals surface area contributed by atoms with Gasteiger partial charge in [-0.1, -0.05) is 6.08 Å². The highest BCUT2D eigenvalue weighted by Crippen LogP contribution is 2.22. The molecule has 6 heteroatoms. The van der Waals surface area contributed by atoms with Crippen molar-refractivity contribution in [2.45, 2.75) is 18.8 Å². The van der Waals surface area contributed by atoms with Gasteiger partial charge >= 0.3 is 12.1 Å². The van der Waals surface area contributed by atoms with Crippen LogP contribution < -0.4 is 16.0 Å². The van der Waals surface area contributed by atoms with E-state index in [4.69, 9.17) is 0 Å². The van der Waals surface area contributed by atoms with Crippen LogP contribution >= 0.6 is 0 Å². The second kappa shape index (κ2) is 2.63. The molecule has 2 saturated heterocycles. The summed E-state index contributed by atoms with van der Waals surface area (Å²) in [6, 6.07) is -0.475. The maximum atomic E-state index is 11.5. The van der Waals surface area contributed by atoms with Gasteiger partial charge in [0, 0.05) is 6.54 Å². The molecule has 2 aliphatic heterocycles. The predicted molar refractivity (Wildman–Crippen MR) is 49.3 cm³/mol. The maximum absolute atomic E-state index is 11.5. The third kappa shape index (κ3) is 1.03. The number of nitrogens with zero attached hydrogens (tertiary/aromatic N) is 1. The second-order valence-electron chi connectivity index (χ2n) is 3.57. The predicted octanol–water partition coefficient (Wildman–Crippen LogP) is -0.447. The van der Waals surface area contributed by atoms with Gasteiger partial charge in [0.1, 0.15) is 6.17 Å². The Labute approximate surface area is 81.3 Å². The molecule has 2 fully saturated rings. The van der Waals surface area contributed by atoms with Crippen LogP contribution in [0.4, 0.5) is 9.59 Å². The molecule has 0 saturated carbocycles. The number of hydrogen-bond donors (Lipinski definition) is 3. The van der Waals surface area contributed by atoms with Crippen LogP contribution in [0.5, 0.6) is 0 Å². The molecule has 0 radical (unpaired) electrons. The Hall–Kier alpha value is -1.72. The number of carbonyl (C=O) groups is 2. The van der Waals surface area contributed by atoms with Crippen molar-refractivity contribution in [1.29, 1.82) is 0 Å². The number of hydrogen-bond acceptors (Lipinski definition) is 2. The molecule has 2 aliphatic rings. The Balaban J connectivity index is 2.25. The van der Waals surface area contributed by atoms with Gasteiger partial charge in [-0.3, -0.25) is 4.90 Å². The first-order valence-electron chi connectivity index (χ1n) is 4.35. The first-order valence-corrected chi connectivity index (χ1v) is 4.35. The summed E-state index contributed by atoms with van der Waals surface area (Å²) in [7, 11) is 0. The van der Waals surface area contributed by atoms with Gasteiger partial charge in [-0.2, -0.15) is 0 Å². The summed E-state index contributed by atoms with van der Waals surface area (Å²) in [6.07, 6.45) is 1.27. The minimum Gasteiger partial charge on any atom is -0.314 e. The fraction of sp³-hybridized carbons (Fsp3) is 0.500. The molecule has 2 rings (SSSR count). The van der Waals surface area contributed by atoms with Crippen molar-refractivity contribution in [2.75, 3.05) is 6.54 Å². The van der Waals surface area contributed by atoms with Crippen LogP contribution in [0.25, 0.3) is 0 Å². The molecule has 0 aliphatic carbocycles. The molecule has 0 bridgehead atoms. The van der Waals surface area contributed by atoms with Crippen LogP contribution in [0.2, 0.25) is 0 Å². The normalized spacial score (nSPS) is 34.6. The summed E-state index contributed by atoms with van der Waals surface area (Å²) in [5.41, 5.74) is -0.711. The van der Waals surface area contributed by atoms with E-state index in [9.17, 15) is 9.59 Å². The number of carbonyl (C=O) groups excluding carboxylic acids is 2. The zero-order valence-electron chi connectivity index (χ0n) is 7.83. The molecule has 2 atom stereocenters. The number of amides is 4. The lowest BCUT2D eigenvalue weighted by Crippen LogP contribution is -2.53. The quantitative estimate of drug-likeness (QED) is 0.523. The lowest BCUT2D eigenvalue weighted by molar-refractivity contribution is 0.199. The van der Waals surface area contributed by atoms with Gasteiger partial charge in [0.15, 0.2) is 5.66 Å². The molecule has 0 spiro atoms. The molecule has 6 nitrogen and oxygen atoms in total. The Morgan fingerprint density at radius 3 is 2.93 bits per heavy atom. The molecule has 0 aromatic rings. The summed E-state index contributed by atoms with van der Waals surface area (Å²) in [5.74, 6) is 0. The lowest BCUT2D eigenvalue weighted by atomic mass is 10.2. The SMILES string of the molecule is C=CCN1C(=O)NC2(C)NC(=O)NC12. The van der Waals surface area contributed by atoms with E-state index < -0.39 is 5.66 Å². The highest BCUT2D eigenvalue weighted by atomic mass is 16.2. The van der Waals surface area contributed by atoms with E-state index in [1.807, 2.05) is 0 Å². The largest absolute Gasteiger partial charge is 0.321 e. The topological polar surface area (TPSA) is 73.5 Å². The third-order valence-corrected chi connectivity index (χ3v) is 2.45. The van der Waals surface area contributed by atoms with Crippen molar-refractivity contribution in [2.24, 2.45) is 0 Å². The van der Waals surface area contributed by atoms with Crippen molar-refractivity contribution >= 4 is 12.1 Å². The summed E-state index contributed by atoms with van der Waals surface area (Å²) in [4.78, 5) is 24.1. The molecule has 2 unspecified atom stereocenters. The number of urea groups is 2. The molecule has 4 amide bonds. The average molecular weight is 196 g/mol. The van der Waals surface area contributed by atoms with Gasteiger partial charge in [-0.25, -0.2) is 9.59 Å². The Kier molecular flexibility index (Phi) is 1.67. The highest BCUT2D eigenvalue weighted by Gasteiger charge is 2.53. The summed E-state index contributed by atoms with van der Waals surface area (Å²) < 4.78 is 0. The van der Waals surface area contributed by atoms with Gasteiger partial charge in [-0.15, -0.1) is 6.58 Å².